The van der Waals surface area contributed by atoms with Gasteiger partial charge in [0.25, 0.3) is 0 Å². The van der Waals surface area contributed by atoms with Crippen LogP contribution in [-0.4, -0.2) is 26.0 Å². The molecule has 16 heavy (non-hydrogen) atoms. The number of tetrazole rings is 1. The Morgan fingerprint density at radius 3 is 3.12 bits per heavy atom. The molecule has 0 saturated heterocycles. The topological polar surface area (TPSA) is 67.4 Å². The molecule has 0 aliphatic carbocycles. The minimum atomic E-state index is -0.357. The molecular formula is C9H6FN5S. The van der Waals surface area contributed by atoms with Crippen LogP contribution in [0.4, 0.5) is 4.39 Å². The van der Waals surface area contributed by atoms with Crippen molar-refractivity contribution in [2.45, 2.75) is 5.16 Å². The molecular weight excluding hydrogens is 229 g/mol. The molecule has 0 unspecified atom stereocenters. The number of thioether (sulfide) groups is 1. The third-order valence-electron chi connectivity index (χ3n) is 1.76. The first-order chi connectivity index (χ1) is 7.81. The number of halogens is 1. The zero-order valence-corrected chi connectivity index (χ0v) is 8.86. The van der Waals surface area contributed by atoms with Crippen LogP contribution in [0.25, 0.3) is 5.69 Å². The molecule has 0 radical (unpaired) electrons. The highest BCUT2D eigenvalue weighted by atomic mass is 32.2. The lowest BCUT2D eigenvalue weighted by Crippen LogP contribution is -1.99. The molecule has 2 rings (SSSR count). The van der Waals surface area contributed by atoms with Gasteiger partial charge in [0.2, 0.25) is 5.16 Å². The van der Waals surface area contributed by atoms with E-state index in [1.165, 1.54) is 28.6 Å². The van der Waals surface area contributed by atoms with E-state index in [9.17, 15) is 4.39 Å². The Morgan fingerprint density at radius 1 is 1.50 bits per heavy atom. The maximum Gasteiger partial charge on any atom is 0.215 e. The molecule has 0 atom stereocenters. The van der Waals surface area contributed by atoms with Crippen molar-refractivity contribution >= 4 is 11.8 Å². The lowest BCUT2D eigenvalue weighted by Gasteiger charge is -2.01. The van der Waals surface area contributed by atoms with E-state index < -0.39 is 0 Å². The maximum absolute atomic E-state index is 13.0. The Kier molecular flexibility index (Phi) is 3.12. The minimum Gasteiger partial charge on any atom is -0.207 e. The summed E-state index contributed by atoms with van der Waals surface area (Å²) in [5.74, 6) is -0.111. The zero-order valence-electron chi connectivity index (χ0n) is 8.04. The highest BCUT2D eigenvalue weighted by molar-refractivity contribution is 7.99. The number of benzene rings is 1. The van der Waals surface area contributed by atoms with Gasteiger partial charge in [0, 0.05) is 0 Å². The van der Waals surface area contributed by atoms with E-state index in [1.54, 1.807) is 12.1 Å². The maximum atomic E-state index is 13.0. The first-order valence-corrected chi connectivity index (χ1v) is 5.34. The van der Waals surface area contributed by atoms with E-state index in [0.29, 0.717) is 10.8 Å². The van der Waals surface area contributed by atoms with Crippen LogP contribution in [0.3, 0.4) is 0 Å². The number of nitrogens with zero attached hydrogens (tertiary/aromatic N) is 5. The molecule has 80 valence electrons. The van der Waals surface area contributed by atoms with Gasteiger partial charge in [-0.15, -0.1) is 5.10 Å². The van der Waals surface area contributed by atoms with E-state index in [4.69, 9.17) is 5.26 Å². The molecule has 0 amide bonds. The van der Waals surface area contributed by atoms with Gasteiger partial charge >= 0.3 is 0 Å². The van der Waals surface area contributed by atoms with Crippen LogP contribution in [-0.2, 0) is 0 Å². The van der Waals surface area contributed by atoms with Crippen LogP contribution < -0.4 is 0 Å². The largest absolute Gasteiger partial charge is 0.215 e. The summed E-state index contributed by atoms with van der Waals surface area (Å²) in [6, 6.07) is 7.91. The van der Waals surface area contributed by atoms with Crippen LogP contribution in [0, 0.1) is 17.1 Å². The molecule has 0 spiro atoms. The summed E-state index contributed by atoms with van der Waals surface area (Å²) < 4.78 is 14.4. The zero-order chi connectivity index (χ0) is 11.4. The Labute approximate surface area is 94.9 Å². The van der Waals surface area contributed by atoms with Crippen LogP contribution >= 0.6 is 11.8 Å². The summed E-state index contributed by atoms with van der Waals surface area (Å²) in [4.78, 5) is 0. The summed E-state index contributed by atoms with van der Waals surface area (Å²) >= 11 is 1.20. The first-order valence-electron chi connectivity index (χ1n) is 4.35. The molecule has 1 aromatic heterocycles. The fourth-order valence-electron chi connectivity index (χ4n) is 1.14. The van der Waals surface area contributed by atoms with Crippen molar-refractivity contribution < 1.29 is 4.39 Å². The molecule has 0 aliphatic heterocycles. The summed E-state index contributed by atoms with van der Waals surface area (Å²) in [7, 11) is 0. The number of hydrogen-bond donors (Lipinski definition) is 0. The third-order valence-corrected chi connectivity index (χ3v) is 2.55. The van der Waals surface area contributed by atoms with Gasteiger partial charge in [-0.2, -0.15) is 9.94 Å². The Morgan fingerprint density at radius 2 is 2.38 bits per heavy atom. The molecule has 0 N–H and O–H groups in total. The fourth-order valence-corrected chi connectivity index (χ4v) is 1.69. The summed E-state index contributed by atoms with van der Waals surface area (Å²) in [6.45, 7) is 0. The van der Waals surface area contributed by atoms with Crippen LogP contribution in [0.5, 0.6) is 0 Å². The standard InChI is InChI=1S/C9H6FN5S/c10-7-2-1-3-8(6-7)15-9(12-13-14-15)16-5-4-11/h1-3,6H,5H2. The summed E-state index contributed by atoms with van der Waals surface area (Å²) in [5, 5.41) is 19.9. The number of aromatic nitrogens is 4. The van der Waals surface area contributed by atoms with Gasteiger partial charge in [-0.25, -0.2) is 4.39 Å². The third kappa shape index (κ3) is 2.17. The van der Waals surface area contributed by atoms with E-state index in [0.717, 1.165) is 0 Å². The van der Waals surface area contributed by atoms with Crippen molar-refractivity contribution in [3.8, 4) is 11.8 Å². The van der Waals surface area contributed by atoms with Crippen molar-refractivity contribution in [1.82, 2.24) is 20.2 Å². The van der Waals surface area contributed by atoms with Gasteiger partial charge in [0.15, 0.2) is 0 Å². The molecule has 1 heterocycles. The highest BCUT2D eigenvalue weighted by Crippen LogP contribution is 2.17. The number of rotatable bonds is 3. The molecule has 0 bridgehead atoms. The Hall–Kier alpha value is -1.94. The molecule has 5 nitrogen and oxygen atoms in total. The average molecular weight is 235 g/mol. The van der Waals surface area contributed by atoms with Crippen LogP contribution in [0.1, 0.15) is 0 Å². The van der Waals surface area contributed by atoms with E-state index >= 15 is 0 Å². The normalized spacial score (nSPS) is 10.0. The van der Waals surface area contributed by atoms with E-state index in [2.05, 4.69) is 15.5 Å². The Bertz CT molecular complexity index is 533. The average Bonchev–Trinajstić information content (AvgIpc) is 2.74. The quantitative estimate of drug-likeness (QED) is 0.752. The monoisotopic (exact) mass is 235 g/mol. The Balaban J connectivity index is 2.34. The second-order valence-corrected chi connectivity index (χ2v) is 3.74. The van der Waals surface area contributed by atoms with Gasteiger partial charge in [0.1, 0.15) is 5.82 Å². The summed E-state index contributed by atoms with van der Waals surface area (Å²) in [6.07, 6.45) is 0. The molecule has 0 fully saturated rings. The van der Waals surface area contributed by atoms with Crippen molar-refractivity contribution in [2.24, 2.45) is 0 Å². The predicted molar refractivity (Wildman–Crippen MR) is 55.4 cm³/mol. The SMILES string of the molecule is N#CCSc1nnnn1-c1cccc(F)c1. The van der Waals surface area contributed by atoms with Crippen LogP contribution in [0.2, 0.25) is 0 Å². The highest BCUT2D eigenvalue weighted by Gasteiger charge is 2.08. The van der Waals surface area contributed by atoms with Gasteiger partial charge in [0.05, 0.1) is 17.5 Å². The molecule has 7 heteroatoms. The van der Waals surface area contributed by atoms with Gasteiger partial charge < -0.3 is 0 Å². The second kappa shape index (κ2) is 4.72. The molecule has 0 aliphatic rings. The fraction of sp³-hybridized carbons (Fsp3) is 0.111. The van der Waals surface area contributed by atoms with Gasteiger partial charge in [-0.05, 0) is 28.6 Å². The van der Waals surface area contributed by atoms with Crippen molar-refractivity contribution in [1.29, 1.82) is 5.26 Å². The molecule has 1 aromatic carbocycles. The van der Waals surface area contributed by atoms with Crippen molar-refractivity contribution in [3.05, 3.63) is 30.1 Å². The molecule has 2 aromatic rings. The van der Waals surface area contributed by atoms with Crippen molar-refractivity contribution in [3.63, 3.8) is 0 Å². The first kappa shape index (κ1) is 10.6. The molecule has 0 saturated carbocycles. The lowest BCUT2D eigenvalue weighted by molar-refractivity contribution is 0.623. The van der Waals surface area contributed by atoms with E-state index in [1.807, 2.05) is 6.07 Å². The second-order valence-electron chi connectivity index (χ2n) is 2.80. The summed E-state index contributed by atoms with van der Waals surface area (Å²) in [5.41, 5.74) is 0.533. The lowest BCUT2D eigenvalue weighted by atomic mass is 10.3. The van der Waals surface area contributed by atoms with Crippen molar-refractivity contribution in [2.75, 3.05) is 5.75 Å². The van der Waals surface area contributed by atoms with Gasteiger partial charge in [-0.1, -0.05) is 17.8 Å². The predicted octanol–water partition coefficient (Wildman–Crippen LogP) is 1.42. The smallest absolute Gasteiger partial charge is 0.207 e. The van der Waals surface area contributed by atoms with Crippen LogP contribution in [0.15, 0.2) is 29.4 Å². The minimum absolute atomic E-state index is 0.246. The van der Waals surface area contributed by atoms with E-state index in [-0.39, 0.29) is 11.6 Å². The number of nitriles is 1. The number of hydrogen-bond acceptors (Lipinski definition) is 5. The van der Waals surface area contributed by atoms with Gasteiger partial charge in [-0.3, -0.25) is 0 Å².